The molecular formula is C20H24N2O2S. The molecule has 25 heavy (non-hydrogen) atoms. The average molecular weight is 356 g/mol. The van der Waals surface area contributed by atoms with Crippen molar-refractivity contribution in [3.05, 3.63) is 54.6 Å². The van der Waals surface area contributed by atoms with E-state index in [0.717, 1.165) is 31.0 Å². The number of nitrogens with one attached hydrogen (secondary N) is 1. The van der Waals surface area contributed by atoms with Gasteiger partial charge < -0.3 is 15.0 Å². The third kappa shape index (κ3) is 5.25. The highest BCUT2D eigenvalue weighted by Gasteiger charge is 2.22. The van der Waals surface area contributed by atoms with Gasteiger partial charge >= 0.3 is 0 Å². The SMILES string of the molecule is CO[C@@H]1CCN(c2ccc(NC(=O)CCSc3ccccc3)cc2)C1. The van der Waals surface area contributed by atoms with Gasteiger partial charge in [-0.15, -0.1) is 11.8 Å². The van der Waals surface area contributed by atoms with Crippen LogP contribution in [0.3, 0.4) is 0 Å². The first-order chi connectivity index (χ1) is 12.2. The fourth-order valence-corrected chi connectivity index (χ4v) is 3.79. The Morgan fingerprint density at radius 3 is 2.64 bits per heavy atom. The topological polar surface area (TPSA) is 41.6 Å². The summed E-state index contributed by atoms with van der Waals surface area (Å²) in [5, 5.41) is 2.97. The van der Waals surface area contributed by atoms with E-state index in [1.165, 1.54) is 10.6 Å². The van der Waals surface area contributed by atoms with E-state index in [9.17, 15) is 4.79 Å². The number of benzene rings is 2. The molecule has 1 aliphatic heterocycles. The Morgan fingerprint density at radius 1 is 1.20 bits per heavy atom. The molecule has 2 aromatic carbocycles. The van der Waals surface area contributed by atoms with Gasteiger partial charge in [0.05, 0.1) is 6.10 Å². The van der Waals surface area contributed by atoms with Gasteiger partial charge in [0.1, 0.15) is 0 Å². The number of thioether (sulfide) groups is 1. The van der Waals surface area contributed by atoms with Gasteiger partial charge in [-0.25, -0.2) is 0 Å². The Hall–Kier alpha value is -1.98. The first-order valence-corrected chi connectivity index (χ1v) is 9.58. The smallest absolute Gasteiger partial charge is 0.225 e. The summed E-state index contributed by atoms with van der Waals surface area (Å²) in [5.41, 5.74) is 2.03. The predicted molar refractivity (Wildman–Crippen MR) is 104 cm³/mol. The summed E-state index contributed by atoms with van der Waals surface area (Å²) >= 11 is 1.70. The molecular weight excluding hydrogens is 332 g/mol. The molecule has 0 aliphatic carbocycles. The molecule has 1 N–H and O–H groups in total. The number of ether oxygens (including phenoxy) is 1. The highest BCUT2D eigenvalue weighted by Crippen LogP contribution is 2.23. The van der Waals surface area contributed by atoms with Crippen molar-refractivity contribution < 1.29 is 9.53 Å². The maximum atomic E-state index is 12.1. The molecule has 1 saturated heterocycles. The van der Waals surface area contributed by atoms with Gasteiger partial charge in [0, 0.05) is 48.6 Å². The largest absolute Gasteiger partial charge is 0.380 e. The first kappa shape index (κ1) is 17.8. The van der Waals surface area contributed by atoms with E-state index in [2.05, 4.69) is 34.5 Å². The Labute approximate surface area is 153 Å². The summed E-state index contributed by atoms with van der Waals surface area (Å²) < 4.78 is 5.41. The summed E-state index contributed by atoms with van der Waals surface area (Å²) in [4.78, 5) is 15.6. The molecule has 0 unspecified atom stereocenters. The third-order valence-corrected chi connectivity index (χ3v) is 5.35. The number of nitrogens with zero attached hydrogens (tertiary/aromatic N) is 1. The molecule has 5 heteroatoms. The molecule has 3 rings (SSSR count). The lowest BCUT2D eigenvalue weighted by atomic mass is 10.2. The Morgan fingerprint density at radius 2 is 1.96 bits per heavy atom. The molecule has 132 valence electrons. The second-order valence-corrected chi connectivity index (χ2v) is 7.27. The minimum absolute atomic E-state index is 0.0526. The number of hydrogen-bond acceptors (Lipinski definition) is 4. The minimum atomic E-state index is 0.0526. The van der Waals surface area contributed by atoms with Crippen LogP contribution in [-0.4, -0.2) is 38.0 Å². The van der Waals surface area contributed by atoms with E-state index >= 15 is 0 Å². The second kappa shape index (κ2) is 8.92. The van der Waals surface area contributed by atoms with E-state index in [4.69, 9.17) is 4.74 Å². The lowest BCUT2D eigenvalue weighted by Gasteiger charge is -2.18. The summed E-state index contributed by atoms with van der Waals surface area (Å²) in [6.45, 7) is 1.94. The van der Waals surface area contributed by atoms with Crippen LogP contribution in [0.25, 0.3) is 0 Å². The van der Waals surface area contributed by atoms with Crippen LogP contribution in [0.15, 0.2) is 59.5 Å². The third-order valence-electron chi connectivity index (χ3n) is 4.34. The van der Waals surface area contributed by atoms with Crippen LogP contribution in [-0.2, 0) is 9.53 Å². The summed E-state index contributed by atoms with van der Waals surface area (Å²) in [6.07, 6.45) is 1.89. The van der Waals surface area contributed by atoms with E-state index in [0.29, 0.717) is 12.5 Å². The van der Waals surface area contributed by atoms with Crippen molar-refractivity contribution >= 4 is 29.0 Å². The fraction of sp³-hybridized carbons (Fsp3) is 0.350. The molecule has 1 aliphatic rings. The number of methoxy groups -OCH3 is 1. The highest BCUT2D eigenvalue weighted by molar-refractivity contribution is 7.99. The fourth-order valence-electron chi connectivity index (χ4n) is 2.91. The lowest BCUT2D eigenvalue weighted by Crippen LogP contribution is -2.22. The van der Waals surface area contributed by atoms with Gasteiger partial charge in [0.2, 0.25) is 5.91 Å². The average Bonchev–Trinajstić information content (AvgIpc) is 3.12. The summed E-state index contributed by atoms with van der Waals surface area (Å²) in [6, 6.07) is 18.2. The van der Waals surface area contributed by atoms with Crippen LogP contribution in [0.5, 0.6) is 0 Å². The van der Waals surface area contributed by atoms with Gasteiger partial charge in [-0.2, -0.15) is 0 Å². The monoisotopic (exact) mass is 356 g/mol. The Kier molecular flexibility index (Phi) is 6.36. The molecule has 0 saturated carbocycles. The van der Waals surface area contributed by atoms with E-state index in [1.54, 1.807) is 18.9 Å². The van der Waals surface area contributed by atoms with Crippen LogP contribution in [0.1, 0.15) is 12.8 Å². The van der Waals surface area contributed by atoms with E-state index in [1.807, 2.05) is 30.3 Å². The molecule has 1 fully saturated rings. The highest BCUT2D eigenvalue weighted by atomic mass is 32.2. The number of amides is 1. The van der Waals surface area contributed by atoms with Gasteiger partial charge in [0.25, 0.3) is 0 Å². The zero-order valence-electron chi connectivity index (χ0n) is 14.5. The molecule has 0 aromatic heterocycles. The van der Waals surface area contributed by atoms with Gasteiger partial charge in [-0.3, -0.25) is 4.79 Å². The maximum absolute atomic E-state index is 12.1. The summed E-state index contributed by atoms with van der Waals surface area (Å²) in [7, 11) is 1.77. The summed E-state index contributed by atoms with van der Waals surface area (Å²) in [5.74, 6) is 0.830. The van der Waals surface area contributed by atoms with Crippen molar-refractivity contribution in [1.82, 2.24) is 0 Å². The van der Waals surface area contributed by atoms with Crippen LogP contribution < -0.4 is 10.2 Å². The van der Waals surface area contributed by atoms with Crippen molar-refractivity contribution in [1.29, 1.82) is 0 Å². The molecule has 2 aromatic rings. The van der Waals surface area contributed by atoms with Crippen molar-refractivity contribution in [3.63, 3.8) is 0 Å². The lowest BCUT2D eigenvalue weighted by molar-refractivity contribution is -0.115. The van der Waals surface area contributed by atoms with Crippen LogP contribution in [0, 0.1) is 0 Å². The molecule has 0 radical (unpaired) electrons. The van der Waals surface area contributed by atoms with Gasteiger partial charge in [-0.1, -0.05) is 18.2 Å². The molecule has 0 bridgehead atoms. The van der Waals surface area contributed by atoms with E-state index < -0.39 is 0 Å². The molecule has 0 spiro atoms. The van der Waals surface area contributed by atoms with Crippen LogP contribution in [0.4, 0.5) is 11.4 Å². The van der Waals surface area contributed by atoms with Crippen LogP contribution >= 0.6 is 11.8 Å². The second-order valence-electron chi connectivity index (χ2n) is 6.10. The van der Waals surface area contributed by atoms with Crippen LogP contribution in [0.2, 0.25) is 0 Å². The number of carbonyl (C=O) groups excluding carboxylic acids is 1. The zero-order chi connectivity index (χ0) is 17.5. The minimum Gasteiger partial charge on any atom is -0.380 e. The maximum Gasteiger partial charge on any atom is 0.225 e. The van der Waals surface area contributed by atoms with Gasteiger partial charge in [-0.05, 0) is 42.8 Å². The van der Waals surface area contributed by atoms with Crippen molar-refractivity contribution in [2.45, 2.75) is 23.8 Å². The molecule has 1 atom stereocenters. The predicted octanol–water partition coefficient (Wildman–Crippen LogP) is 4.03. The molecule has 1 amide bonds. The number of rotatable bonds is 7. The van der Waals surface area contributed by atoms with Crippen molar-refractivity contribution in [2.75, 3.05) is 36.2 Å². The van der Waals surface area contributed by atoms with Crippen molar-refractivity contribution in [2.24, 2.45) is 0 Å². The quantitative estimate of drug-likeness (QED) is 0.761. The zero-order valence-corrected chi connectivity index (χ0v) is 15.3. The van der Waals surface area contributed by atoms with Crippen molar-refractivity contribution in [3.8, 4) is 0 Å². The van der Waals surface area contributed by atoms with Gasteiger partial charge in [0.15, 0.2) is 0 Å². The van der Waals surface area contributed by atoms with E-state index in [-0.39, 0.29) is 5.91 Å². The number of carbonyl (C=O) groups is 1. The normalized spacial score (nSPS) is 16.8. The Balaban J connectivity index is 1.44. The standard InChI is InChI=1S/C20H24N2O2S/c1-24-18-11-13-22(15-18)17-9-7-16(8-10-17)21-20(23)12-14-25-19-5-3-2-4-6-19/h2-10,18H,11-15H2,1H3,(H,21,23)/t18-/m1/s1. The molecule has 1 heterocycles. The Bertz CT molecular complexity index is 676. The first-order valence-electron chi connectivity index (χ1n) is 8.60. The molecule has 4 nitrogen and oxygen atoms in total. The number of anilines is 2. The number of hydrogen-bond donors (Lipinski definition) is 1.